The van der Waals surface area contributed by atoms with E-state index < -0.39 is 11.7 Å². The molecule has 1 amide bonds. The Morgan fingerprint density at radius 1 is 1.50 bits per heavy atom. The van der Waals surface area contributed by atoms with Gasteiger partial charge in [-0.15, -0.1) is 0 Å². The summed E-state index contributed by atoms with van der Waals surface area (Å²) < 4.78 is 10.1. The lowest BCUT2D eigenvalue weighted by Crippen LogP contribution is -2.49. The Morgan fingerprint density at radius 2 is 2.11 bits per heavy atom. The van der Waals surface area contributed by atoms with E-state index in [0.717, 1.165) is 5.57 Å². The van der Waals surface area contributed by atoms with Crippen LogP contribution >= 0.6 is 0 Å². The van der Waals surface area contributed by atoms with Crippen LogP contribution in [0.4, 0.5) is 4.79 Å². The molecule has 1 aliphatic rings. The second-order valence-electron chi connectivity index (χ2n) is 5.59. The molecule has 0 bridgehead atoms. The topological polar surface area (TPSA) is 64.6 Å². The van der Waals surface area contributed by atoms with Crippen molar-refractivity contribution in [2.24, 2.45) is 5.92 Å². The SMILES string of the molecule is C=C(C)[C@@H]1CC(=O)OC[C@H]1NC(=O)OC(C)(C)C. The Morgan fingerprint density at radius 3 is 2.61 bits per heavy atom. The summed E-state index contributed by atoms with van der Waals surface area (Å²) in [5.41, 5.74) is 0.307. The predicted octanol–water partition coefficient (Wildman–Crippen LogP) is 2.02. The fourth-order valence-corrected chi connectivity index (χ4v) is 1.80. The molecule has 5 heteroatoms. The lowest BCUT2D eigenvalue weighted by Gasteiger charge is -2.32. The van der Waals surface area contributed by atoms with E-state index in [1.165, 1.54) is 0 Å². The lowest BCUT2D eigenvalue weighted by atomic mass is 9.89. The van der Waals surface area contributed by atoms with Gasteiger partial charge >= 0.3 is 12.1 Å². The number of rotatable bonds is 2. The second-order valence-corrected chi connectivity index (χ2v) is 5.59. The fraction of sp³-hybridized carbons (Fsp3) is 0.692. The number of amides is 1. The lowest BCUT2D eigenvalue weighted by molar-refractivity contribution is -0.150. The highest BCUT2D eigenvalue weighted by Gasteiger charge is 2.33. The number of cyclic esters (lactones) is 1. The molecule has 18 heavy (non-hydrogen) atoms. The van der Waals surface area contributed by atoms with Crippen molar-refractivity contribution in [2.45, 2.75) is 45.8 Å². The number of alkyl carbamates (subject to hydrolysis) is 1. The number of esters is 1. The summed E-state index contributed by atoms with van der Waals surface area (Å²) in [5.74, 6) is -0.357. The monoisotopic (exact) mass is 255 g/mol. The molecule has 0 unspecified atom stereocenters. The Kier molecular flexibility index (Phi) is 4.38. The summed E-state index contributed by atoms with van der Waals surface area (Å²) >= 11 is 0. The van der Waals surface area contributed by atoms with Crippen molar-refractivity contribution in [1.29, 1.82) is 0 Å². The number of ether oxygens (including phenoxy) is 2. The standard InChI is InChI=1S/C13H21NO4/c1-8(2)9-6-11(15)17-7-10(9)14-12(16)18-13(3,4)5/h9-10H,1,6-7H2,2-5H3,(H,14,16)/t9-,10+/m0/s1. The largest absolute Gasteiger partial charge is 0.463 e. The summed E-state index contributed by atoms with van der Waals surface area (Å²) in [6.45, 7) is 11.2. The number of nitrogens with one attached hydrogen (secondary N) is 1. The molecule has 0 radical (unpaired) electrons. The van der Waals surface area contributed by atoms with Crippen LogP contribution in [0.2, 0.25) is 0 Å². The molecule has 5 nitrogen and oxygen atoms in total. The fourth-order valence-electron chi connectivity index (χ4n) is 1.80. The highest BCUT2D eigenvalue weighted by molar-refractivity contribution is 5.72. The Balaban J connectivity index is 2.61. The molecule has 1 aliphatic heterocycles. The van der Waals surface area contributed by atoms with Gasteiger partial charge in [0.25, 0.3) is 0 Å². The molecule has 1 heterocycles. The predicted molar refractivity (Wildman–Crippen MR) is 67.0 cm³/mol. The number of hydrogen-bond acceptors (Lipinski definition) is 4. The zero-order chi connectivity index (χ0) is 13.9. The molecule has 0 aromatic heterocycles. The maximum Gasteiger partial charge on any atom is 0.408 e. The van der Waals surface area contributed by atoms with Crippen LogP contribution in [0.15, 0.2) is 12.2 Å². The van der Waals surface area contributed by atoms with Crippen LogP contribution < -0.4 is 5.32 Å². The molecule has 0 aliphatic carbocycles. The number of hydrogen-bond donors (Lipinski definition) is 1. The van der Waals surface area contributed by atoms with Gasteiger partial charge in [-0.05, 0) is 27.7 Å². The van der Waals surface area contributed by atoms with Crippen molar-refractivity contribution < 1.29 is 19.1 Å². The minimum atomic E-state index is -0.547. The van der Waals surface area contributed by atoms with Gasteiger partial charge in [0.2, 0.25) is 0 Å². The van der Waals surface area contributed by atoms with E-state index in [9.17, 15) is 9.59 Å². The average Bonchev–Trinajstić information content (AvgIpc) is 2.17. The first-order valence-electron chi connectivity index (χ1n) is 5.99. The smallest absolute Gasteiger partial charge is 0.408 e. The van der Waals surface area contributed by atoms with Gasteiger partial charge in [0.15, 0.2) is 0 Å². The zero-order valence-electron chi connectivity index (χ0n) is 11.4. The van der Waals surface area contributed by atoms with Crippen molar-refractivity contribution in [3.05, 3.63) is 12.2 Å². The van der Waals surface area contributed by atoms with E-state index in [1.807, 2.05) is 6.92 Å². The molecule has 0 aromatic carbocycles. The average molecular weight is 255 g/mol. The van der Waals surface area contributed by atoms with Gasteiger partial charge in [-0.2, -0.15) is 0 Å². The van der Waals surface area contributed by atoms with Gasteiger partial charge in [0, 0.05) is 5.92 Å². The van der Waals surface area contributed by atoms with E-state index in [2.05, 4.69) is 11.9 Å². The summed E-state index contributed by atoms with van der Waals surface area (Å²) in [5, 5.41) is 2.73. The minimum absolute atomic E-state index is 0.0984. The molecular formula is C13H21NO4. The first-order valence-corrected chi connectivity index (χ1v) is 5.99. The first kappa shape index (κ1) is 14.5. The van der Waals surface area contributed by atoms with Crippen LogP contribution in [0.5, 0.6) is 0 Å². The van der Waals surface area contributed by atoms with Crippen molar-refractivity contribution in [3.63, 3.8) is 0 Å². The molecule has 2 atom stereocenters. The molecule has 1 fully saturated rings. The quantitative estimate of drug-likeness (QED) is 0.605. The maximum atomic E-state index is 11.7. The Bertz CT molecular complexity index is 356. The van der Waals surface area contributed by atoms with Crippen molar-refractivity contribution in [2.75, 3.05) is 6.61 Å². The number of carbonyl (C=O) groups is 2. The van der Waals surface area contributed by atoms with Gasteiger partial charge in [-0.3, -0.25) is 4.79 Å². The molecule has 1 N–H and O–H groups in total. The third kappa shape index (κ3) is 4.39. The molecule has 0 spiro atoms. The minimum Gasteiger partial charge on any atom is -0.463 e. The maximum absolute atomic E-state index is 11.7. The summed E-state index contributed by atoms with van der Waals surface area (Å²) in [6.07, 6.45) is -0.257. The van der Waals surface area contributed by atoms with Gasteiger partial charge in [0.1, 0.15) is 12.2 Å². The Labute approximate surface area is 108 Å². The second kappa shape index (κ2) is 5.42. The van der Waals surface area contributed by atoms with Crippen LogP contribution in [0.25, 0.3) is 0 Å². The highest BCUT2D eigenvalue weighted by Crippen LogP contribution is 2.23. The summed E-state index contributed by atoms with van der Waals surface area (Å²) in [4.78, 5) is 22.9. The van der Waals surface area contributed by atoms with Gasteiger partial charge < -0.3 is 14.8 Å². The molecule has 1 saturated heterocycles. The van der Waals surface area contributed by atoms with Crippen LogP contribution in [0.1, 0.15) is 34.1 Å². The van der Waals surface area contributed by atoms with Crippen LogP contribution in [0, 0.1) is 5.92 Å². The normalized spacial score (nSPS) is 24.1. The van der Waals surface area contributed by atoms with Gasteiger partial charge in [-0.25, -0.2) is 4.79 Å². The van der Waals surface area contributed by atoms with Gasteiger partial charge in [0.05, 0.1) is 12.5 Å². The van der Waals surface area contributed by atoms with Crippen molar-refractivity contribution in [1.82, 2.24) is 5.32 Å². The summed E-state index contributed by atoms with van der Waals surface area (Å²) in [6, 6.07) is -0.268. The Hall–Kier alpha value is -1.52. The number of carbonyl (C=O) groups excluding carboxylic acids is 2. The van der Waals surface area contributed by atoms with Crippen LogP contribution in [-0.2, 0) is 14.3 Å². The molecule has 0 saturated carbocycles. The third-order valence-corrected chi connectivity index (χ3v) is 2.63. The van der Waals surface area contributed by atoms with Crippen LogP contribution in [-0.4, -0.2) is 30.3 Å². The zero-order valence-corrected chi connectivity index (χ0v) is 11.4. The van der Waals surface area contributed by atoms with E-state index in [0.29, 0.717) is 0 Å². The third-order valence-electron chi connectivity index (χ3n) is 2.63. The van der Waals surface area contributed by atoms with Crippen molar-refractivity contribution in [3.8, 4) is 0 Å². The molecule has 102 valence electrons. The molecule has 1 rings (SSSR count). The van der Waals surface area contributed by atoms with E-state index in [4.69, 9.17) is 9.47 Å². The van der Waals surface area contributed by atoms with E-state index in [-0.39, 0.29) is 31.0 Å². The van der Waals surface area contributed by atoms with E-state index >= 15 is 0 Å². The summed E-state index contributed by atoms with van der Waals surface area (Å²) in [7, 11) is 0. The van der Waals surface area contributed by atoms with E-state index in [1.54, 1.807) is 20.8 Å². The first-order chi connectivity index (χ1) is 8.19. The van der Waals surface area contributed by atoms with Crippen molar-refractivity contribution >= 4 is 12.1 Å². The molecular weight excluding hydrogens is 234 g/mol. The van der Waals surface area contributed by atoms with Gasteiger partial charge in [-0.1, -0.05) is 12.2 Å². The highest BCUT2D eigenvalue weighted by atomic mass is 16.6. The molecule has 0 aromatic rings. The van der Waals surface area contributed by atoms with Crippen LogP contribution in [0.3, 0.4) is 0 Å².